The number of hydrogen-bond donors (Lipinski definition) is 4. The van der Waals surface area contributed by atoms with Crippen molar-refractivity contribution >= 4 is 23.3 Å². The van der Waals surface area contributed by atoms with E-state index in [1.54, 1.807) is 0 Å². The molecule has 0 spiro atoms. The largest absolute Gasteiger partial charge is 0.394 e. The van der Waals surface area contributed by atoms with Crippen LogP contribution < -0.4 is 5.56 Å². The van der Waals surface area contributed by atoms with Gasteiger partial charge in [-0.15, -0.1) is 0 Å². The summed E-state index contributed by atoms with van der Waals surface area (Å²) in [5.74, 6) is -0.987. The zero-order valence-electron chi connectivity index (χ0n) is 11.0. The number of rotatable bonds is 2. The third kappa shape index (κ3) is 2.34. The number of fused-ring (bicyclic) bond motifs is 1. The summed E-state index contributed by atoms with van der Waals surface area (Å²) in [6.45, 7) is -0.481. The molecule has 22 heavy (non-hydrogen) atoms. The maximum absolute atomic E-state index is 13.4. The quantitative estimate of drug-likeness (QED) is 0.533. The van der Waals surface area contributed by atoms with Crippen molar-refractivity contribution in [2.24, 2.45) is 0 Å². The lowest BCUT2D eigenvalue weighted by Crippen LogP contribution is -2.33. The van der Waals surface area contributed by atoms with Crippen molar-refractivity contribution in [3.05, 3.63) is 33.2 Å². The van der Waals surface area contributed by atoms with Crippen molar-refractivity contribution in [3.8, 4) is 0 Å². The minimum Gasteiger partial charge on any atom is -0.394 e. The highest BCUT2D eigenvalue weighted by atomic mass is 32.1. The van der Waals surface area contributed by atoms with Gasteiger partial charge in [-0.2, -0.15) is 0 Å². The number of aliphatic hydroxyl groups is 3. The number of pyridine rings is 1. The number of hydrogen-bond acceptors (Lipinski definition) is 7. The van der Waals surface area contributed by atoms with Gasteiger partial charge in [-0.05, 0) is 18.3 Å². The zero-order chi connectivity index (χ0) is 16.0. The van der Waals surface area contributed by atoms with Gasteiger partial charge in [0.1, 0.15) is 24.0 Å². The summed E-state index contributed by atoms with van der Waals surface area (Å²) in [7, 11) is 0. The monoisotopic (exact) mass is 329 g/mol. The summed E-state index contributed by atoms with van der Waals surface area (Å²) in [6.07, 6.45) is -3.32. The maximum Gasteiger partial charge on any atom is 0.285 e. The molecule has 0 amide bonds. The van der Waals surface area contributed by atoms with E-state index in [0.29, 0.717) is 0 Å². The van der Waals surface area contributed by atoms with Gasteiger partial charge in [-0.1, -0.05) is 0 Å². The Morgan fingerprint density at radius 3 is 2.82 bits per heavy atom. The van der Waals surface area contributed by atoms with E-state index in [4.69, 9.17) is 22.1 Å². The summed E-state index contributed by atoms with van der Waals surface area (Å²) < 4.78 is 19.9. The van der Waals surface area contributed by atoms with Gasteiger partial charge in [-0.25, -0.2) is 9.37 Å². The molecule has 1 fully saturated rings. The first-order valence-electron chi connectivity index (χ1n) is 6.36. The molecule has 3 heterocycles. The molecule has 4 atom stereocenters. The van der Waals surface area contributed by atoms with Gasteiger partial charge in [0, 0.05) is 11.6 Å². The third-order valence-electron chi connectivity index (χ3n) is 3.50. The molecule has 0 bridgehead atoms. The number of aromatic nitrogens is 3. The average molecular weight is 329 g/mol. The molecule has 0 aliphatic carbocycles. The lowest BCUT2D eigenvalue weighted by molar-refractivity contribution is -0.0538. The fraction of sp³-hybridized carbons (Fsp3) is 0.417. The van der Waals surface area contributed by atoms with Crippen LogP contribution in [0, 0.1) is 10.6 Å². The molecular weight excluding hydrogens is 317 g/mol. The zero-order valence-corrected chi connectivity index (χ0v) is 11.8. The van der Waals surface area contributed by atoms with E-state index < -0.39 is 42.5 Å². The van der Waals surface area contributed by atoms with Crippen molar-refractivity contribution < 1.29 is 24.4 Å². The second-order valence-electron chi connectivity index (χ2n) is 4.91. The summed E-state index contributed by atoms with van der Waals surface area (Å²) in [5, 5.41) is 29.1. The summed E-state index contributed by atoms with van der Waals surface area (Å²) in [6, 6.07) is 0.980. The van der Waals surface area contributed by atoms with Crippen LogP contribution in [0.1, 0.15) is 6.23 Å². The molecule has 1 unspecified atom stereocenters. The molecule has 2 aromatic rings. The maximum atomic E-state index is 13.4. The minimum absolute atomic E-state index is 0.0374. The Balaban J connectivity index is 2.12. The third-order valence-corrected chi connectivity index (χ3v) is 3.80. The van der Waals surface area contributed by atoms with Crippen LogP contribution in [0.4, 0.5) is 4.39 Å². The highest BCUT2D eigenvalue weighted by Gasteiger charge is 2.43. The fourth-order valence-electron chi connectivity index (χ4n) is 2.35. The Bertz CT molecular complexity index is 838. The van der Waals surface area contributed by atoms with Gasteiger partial charge in [0.05, 0.1) is 6.61 Å². The number of H-pyrrole nitrogens is 1. The van der Waals surface area contributed by atoms with Crippen LogP contribution in [0.25, 0.3) is 11.0 Å². The molecular formula is C12H12FN3O5S. The van der Waals surface area contributed by atoms with Crippen LogP contribution in [-0.2, 0) is 4.74 Å². The average Bonchev–Trinajstić information content (AvgIpc) is 2.76. The summed E-state index contributed by atoms with van der Waals surface area (Å²) >= 11 is 5.06. The van der Waals surface area contributed by atoms with E-state index in [1.807, 2.05) is 0 Å². The first-order valence-corrected chi connectivity index (χ1v) is 6.77. The number of halogens is 1. The highest BCUT2D eigenvalue weighted by Crippen LogP contribution is 2.29. The SMILES string of the molecule is O=c1[nH]c2nc(=S)n([C@@H]3O[C@H](CO)C(O)[C@@H]3O)cc2cc1F. The second-order valence-corrected chi connectivity index (χ2v) is 5.28. The normalized spacial score (nSPS) is 28.4. The first kappa shape index (κ1) is 15.2. The molecule has 4 N–H and O–H groups in total. The first-order chi connectivity index (χ1) is 10.4. The lowest BCUT2D eigenvalue weighted by atomic mass is 10.1. The Morgan fingerprint density at radius 1 is 1.45 bits per heavy atom. The van der Waals surface area contributed by atoms with Gasteiger partial charge in [0.25, 0.3) is 5.56 Å². The number of ether oxygens (including phenoxy) is 1. The molecule has 0 saturated carbocycles. The molecule has 1 aliphatic rings. The predicted octanol–water partition coefficient (Wildman–Crippen LogP) is -0.795. The van der Waals surface area contributed by atoms with Crippen LogP contribution in [0.2, 0.25) is 0 Å². The smallest absolute Gasteiger partial charge is 0.285 e. The van der Waals surface area contributed by atoms with Crippen molar-refractivity contribution in [2.45, 2.75) is 24.5 Å². The van der Waals surface area contributed by atoms with Gasteiger partial charge < -0.3 is 25.0 Å². The molecule has 8 nitrogen and oxygen atoms in total. The standard InChI is InChI=1S/C12H12FN3O5S/c13-5-1-4-2-16(12(22)15-9(4)14-10(5)20)11-8(19)7(18)6(3-17)21-11/h1-2,6-8,11,17-19H,3H2,(H,14,15,20,22)/t6-,7?,8+,11-/m1/s1. The van der Waals surface area contributed by atoms with E-state index in [9.17, 15) is 19.4 Å². The molecule has 3 rings (SSSR count). The molecule has 0 radical (unpaired) electrons. The Hall–Kier alpha value is -1.72. The van der Waals surface area contributed by atoms with Gasteiger partial charge >= 0.3 is 0 Å². The van der Waals surface area contributed by atoms with Crippen LogP contribution in [-0.4, -0.2) is 54.8 Å². The molecule has 1 saturated heterocycles. The van der Waals surface area contributed by atoms with Gasteiger partial charge in [-0.3, -0.25) is 9.36 Å². The van der Waals surface area contributed by atoms with E-state index >= 15 is 0 Å². The minimum atomic E-state index is -1.34. The fourth-order valence-corrected chi connectivity index (χ4v) is 2.60. The second kappa shape index (κ2) is 5.48. The number of aromatic amines is 1. The number of nitrogens with zero attached hydrogens (tertiary/aromatic N) is 2. The van der Waals surface area contributed by atoms with Crippen LogP contribution in [0.3, 0.4) is 0 Å². The number of nitrogens with one attached hydrogen (secondary N) is 1. The Kier molecular flexibility index (Phi) is 3.78. The van der Waals surface area contributed by atoms with E-state index in [-0.39, 0.29) is 15.8 Å². The van der Waals surface area contributed by atoms with Crippen molar-refractivity contribution in [2.75, 3.05) is 6.61 Å². The van der Waals surface area contributed by atoms with Crippen molar-refractivity contribution in [1.29, 1.82) is 0 Å². The van der Waals surface area contributed by atoms with Crippen LogP contribution in [0.5, 0.6) is 0 Å². The molecule has 118 valence electrons. The Morgan fingerprint density at radius 2 is 2.18 bits per heavy atom. The Labute approximate surface area is 127 Å². The summed E-state index contributed by atoms with van der Waals surface area (Å²) in [4.78, 5) is 17.4. The topological polar surface area (TPSA) is 121 Å². The van der Waals surface area contributed by atoms with Crippen LogP contribution in [0.15, 0.2) is 17.1 Å². The van der Waals surface area contributed by atoms with Crippen LogP contribution >= 0.6 is 12.2 Å². The van der Waals surface area contributed by atoms with E-state index in [1.165, 1.54) is 10.8 Å². The summed E-state index contributed by atoms with van der Waals surface area (Å²) in [5.41, 5.74) is -0.820. The van der Waals surface area contributed by atoms with Crippen molar-refractivity contribution in [3.63, 3.8) is 0 Å². The van der Waals surface area contributed by atoms with E-state index in [2.05, 4.69) is 9.97 Å². The molecule has 1 aliphatic heterocycles. The van der Waals surface area contributed by atoms with E-state index in [0.717, 1.165) is 6.07 Å². The molecule has 10 heteroatoms. The number of aliphatic hydroxyl groups excluding tert-OH is 3. The highest BCUT2D eigenvalue weighted by molar-refractivity contribution is 7.71. The van der Waals surface area contributed by atoms with Gasteiger partial charge in [0.15, 0.2) is 12.0 Å². The molecule has 0 aromatic carbocycles. The lowest BCUT2D eigenvalue weighted by Gasteiger charge is -2.18. The molecule has 2 aromatic heterocycles. The van der Waals surface area contributed by atoms with Crippen molar-refractivity contribution in [1.82, 2.24) is 14.5 Å². The van der Waals surface area contributed by atoms with Gasteiger partial charge in [0.2, 0.25) is 4.77 Å². The predicted molar refractivity (Wildman–Crippen MR) is 74.2 cm³/mol.